The highest BCUT2D eigenvalue weighted by Crippen LogP contribution is 2.77. The number of hydrogen-bond acceptors (Lipinski definition) is 4. The highest BCUT2D eigenvalue weighted by Gasteiger charge is 2.70. The minimum absolute atomic E-state index is 0.0350. The van der Waals surface area contributed by atoms with Crippen molar-refractivity contribution in [3.05, 3.63) is 23.8 Å². The van der Waals surface area contributed by atoms with Gasteiger partial charge in [0.15, 0.2) is 0 Å². The van der Waals surface area contributed by atoms with E-state index >= 15 is 0 Å². The van der Waals surface area contributed by atoms with Gasteiger partial charge in [-0.3, -0.25) is 0 Å². The zero-order valence-electron chi connectivity index (χ0n) is 24.4. The Morgan fingerprint density at radius 2 is 1.76 bits per heavy atom. The van der Waals surface area contributed by atoms with Gasteiger partial charge in [0, 0.05) is 11.4 Å². The highest BCUT2D eigenvalue weighted by molar-refractivity contribution is 5.91. The first kappa shape index (κ1) is 26.5. The maximum absolute atomic E-state index is 12.9. The third-order valence-corrected chi connectivity index (χ3v) is 12.7. The Morgan fingerprint density at radius 3 is 2.50 bits per heavy atom. The van der Waals surface area contributed by atoms with Crippen LogP contribution in [-0.4, -0.2) is 12.1 Å². The molecule has 0 aromatic heterocycles. The molecular formula is C34H52N2O2. The smallest absolute Gasteiger partial charge is 0.338 e. The Labute approximate surface area is 231 Å². The number of ether oxygens (including phenoxy) is 1. The fraction of sp³-hybridized carbons (Fsp3) is 0.794. The second-order valence-corrected chi connectivity index (χ2v) is 15.2. The van der Waals surface area contributed by atoms with Crippen molar-refractivity contribution in [2.75, 3.05) is 11.5 Å². The third-order valence-electron chi connectivity index (χ3n) is 12.7. The summed E-state index contributed by atoms with van der Waals surface area (Å²) < 4.78 is 6.06. The van der Waals surface area contributed by atoms with Crippen molar-refractivity contribution >= 4 is 17.3 Å². The summed E-state index contributed by atoms with van der Waals surface area (Å²) in [5, 5.41) is 0. The van der Waals surface area contributed by atoms with Crippen LogP contribution in [0.4, 0.5) is 11.4 Å². The molecular weight excluding hydrogens is 468 g/mol. The average molecular weight is 521 g/mol. The maximum Gasteiger partial charge on any atom is 0.338 e. The van der Waals surface area contributed by atoms with Gasteiger partial charge in [-0.2, -0.15) is 0 Å². The molecule has 38 heavy (non-hydrogen) atoms. The summed E-state index contributed by atoms with van der Waals surface area (Å²) in [6.45, 7) is 10.1. The molecule has 1 spiro atoms. The van der Waals surface area contributed by atoms with Gasteiger partial charge in [-0.1, -0.05) is 47.0 Å². The SMILES string of the molecule is CC(C)CCCC(C)C1CCC2C3CCC4CC(OC(=O)c5cc(N)cc(N)c5)CCC45CC(CC12C)C35. The lowest BCUT2D eigenvalue weighted by molar-refractivity contribution is -0.239. The van der Waals surface area contributed by atoms with Gasteiger partial charge in [-0.15, -0.1) is 0 Å². The number of nitrogens with two attached hydrogens (primary N) is 2. The van der Waals surface area contributed by atoms with Crippen LogP contribution in [0.3, 0.4) is 0 Å². The molecule has 1 aromatic rings. The largest absolute Gasteiger partial charge is 0.459 e. The molecule has 5 fully saturated rings. The standard InChI is InChI=1S/C34H52N2O2/c1-20(2)6-5-7-21(3)29-10-11-30-28-9-8-24-16-27(38-32(37)22-14-25(35)17-26(36)15-22)12-13-34(24)19-23(31(28)34)18-33(29,30)4/h14-15,17,20-21,23-24,27-31H,5-13,16,18-19,35-36H2,1-4H3. The zero-order chi connectivity index (χ0) is 26.8. The number of hydrogen-bond donors (Lipinski definition) is 2. The van der Waals surface area contributed by atoms with E-state index in [1.807, 2.05) is 0 Å². The van der Waals surface area contributed by atoms with Gasteiger partial charge >= 0.3 is 5.97 Å². The van der Waals surface area contributed by atoms with Gasteiger partial charge in [0.25, 0.3) is 0 Å². The summed E-state index contributed by atoms with van der Waals surface area (Å²) in [5.41, 5.74) is 14.5. The van der Waals surface area contributed by atoms with Crippen molar-refractivity contribution in [1.29, 1.82) is 0 Å². The molecule has 0 saturated heterocycles. The molecule has 4 nitrogen and oxygen atoms in total. The molecule has 5 saturated carbocycles. The molecule has 4 N–H and O–H groups in total. The van der Waals surface area contributed by atoms with E-state index in [0.29, 0.717) is 27.8 Å². The van der Waals surface area contributed by atoms with Crippen molar-refractivity contribution in [2.45, 2.75) is 111 Å². The minimum atomic E-state index is -0.266. The number of esters is 1. The Kier molecular flexibility index (Phi) is 6.79. The maximum atomic E-state index is 12.9. The molecule has 10 unspecified atom stereocenters. The molecule has 0 aliphatic heterocycles. The quantitative estimate of drug-likeness (QED) is 0.281. The van der Waals surface area contributed by atoms with Crippen LogP contribution in [0, 0.1) is 58.2 Å². The van der Waals surface area contributed by atoms with Gasteiger partial charge in [0.1, 0.15) is 6.10 Å². The first-order valence-corrected chi connectivity index (χ1v) is 16.0. The fourth-order valence-electron chi connectivity index (χ4n) is 11.4. The third kappa shape index (κ3) is 4.27. The molecule has 10 atom stereocenters. The second-order valence-electron chi connectivity index (χ2n) is 15.2. The molecule has 5 aliphatic carbocycles. The van der Waals surface area contributed by atoms with Gasteiger partial charge in [0.2, 0.25) is 0 Å². The van der Waals surface area contributed by atoms with Crippen molar-refractivity contribution in [3.8, 4) is 0 Å². The van der Waals surface area contributed by atoms with Gasteiger partial charge in [-0.25, -0.2) is 4.79 Å². The summed E-state index contributed by atoms with van der Waals surface area (Å²) >= 11 is 0. The Hall–Kier alpha value is -1.71. The van der Waals surface area contributed by atoms with Crippen LogP contribution in [0.15, 0.2) is 18.2 Å². The van der Waals surface area contributed by atoms with Crippen LogP contribution >= 0.6 is 0 Å². The van der Waals surface area contributed by atoms with E-state index in [1.54, 1.807) is 18.2 Å². The van der Waals surface area contributed by atoms with Crippen molar-refractivity contribution in [1.82, 2.24) is 0 Å². The molecule has 0 radical (unpaired) electrons. The first-order chi connectivity index (χ1) is 18.1. The van der Waals surface area contributed by atoms with E-state index in [2.05, 4.69) is 27.7 Å². The van der Waals surface area contributed by atoms with E-state index in [0.717, 1.165) is 60.2 Å². The molecule has 0 amide bonds. The van der Waals surface area contributed by atoms with Crippen molar-refractivity contribution in [3.63, 3.8) is 0 Å². The summed E-state index contributed by atoms with van der Waals surface area (Å²) in [6, 6.07) is 5.05. The first-order valence-electron chi connectivity index (χ1n) is 16.0. The Balaban J connectivity index is 1.11. The van der Waals surface area contributed by atoms with Crippen LogP contribution < -0.4 is 11.5 Å². The Bertz CT molecular complexity index is 1030. The number of rotatable bonds is 7. The molecule has 5 aliphatic rings. The van der Waals surface area contributed by atoms with Gasteiger partial charge < -0.3 is 16.2 Å². The molecule has 0 heterocycles. The van der Waals surface area contributed by atoms with Gasteiger partial charge in [-0.05, 0) is 134 Å². The Morgan fingerprint density at radius 1 is 1.00 bits per heavy atom. The van der Waals surface area contributed by atoms with E-state index in [-0.39, 0.29) is 12.1 Å². The summed E-state index contributed by atoms with van der Waals surface area (Å²) in [4.78, 5) is 12.9. The second kappa shape index (κ2) is 9.73. The number of anilines is 2. The van der Waals surface area contributed by atoms with Crippen LogP contribution in [0.25, 0.3) is 0 Å². The number of carbonyl (C=O) groups excluding carboxylic acids is 1. The molecule has 1 aromatic carbocycles. The zero-order valence-corrected chi connectivity index (χ0v) is 24.4. The molecule has 4 heteroatoms. The minimum Gasteiger partial charge on any atom is -0.459 e. The molecule has 0 bridgehead atoms. The lowest BCUT2D eigenvalue weighted by Gasteiger charge is -2.72. The summed E-state index contributed by atoms with van der Waals surface area (Å²) in [5.74, 6) is 6.90. The van der Waals surface area contributed by atoms with Crippen LogP contribution in [0.2, 0.25) is 0 Å². The monoisotopic (exact) mass is 520 g/mol. The van der Waals surface area contributed by atoms with Crippen molar-refractivity contribution < 1.29 is 9.53 Å². The number of nitrogen functional groups attached to an aromatic ring is 2. The van der Waals surface area contributed by atoms with Crippen molar-refractivity contribution in [2.24, 2.45) is 58.2 Å². The number of benzene rings is 1. The predicted octanol–water partition coefficient (Wildman–Crippen LogP) is 8.11. The van der Waals surface area contributed by atoms with Gasteiger partial charge in [0.05, 0.1) is 5.56 Å². The molecule has 6 rings (SSSR count). The average Bonchev–Trinajstić information content (AvgIpc) is 3.19. The van der Waals surface area contributed by atoms with Crippen LogP contribution in [0.1, 0.15) is 115 Å². The summed E-state index contributed by atoms with van der Waals surface area (Å²) in [6.07, 6.45) is 16.2. The lowest BCUT2D eigenvalue weighted by atomic mass is 9.33. The highest BCUT2D eigenvalue weighted by atomic mass is 16.5. The fourth-order valence-corrected chi connectivity index (χ4v) is 11.4. The van der Waals surface area contributed by atoms with E-state index in [9.17, 15) is 4.79 Å². The van der Waals surface area contributed by atoms with E-state index in [1.165, 1.54) is 64.2 Å². The van der Waals surface area contributed by atoms with Crippen LogP contribution in [-0.2, 0) is 4.74 Å². The lowest BCUT2D eigenvalue weighted by Crippen LogP contribution is -2.65. The van der Waals surface area contributed by atoms with Crippen LogP contribution in [0.5, 0.6) is 0 Å². The van der Waals surface area contributed by atoms with E-state index in [4.69, 9.17) is 16.2 Å². The predicted molar refractivity (Wildman–Crippen MR) is 155 cm³/mol. The number of carbonyl (C=O) groups is 1. The number of fused-ring (bicyclic) bond motifs is 2. The summed E-state index contributed by atoms with van der Waals surface area (Å²) in [7, 11) is 0. The molecule has 210 valence electrons. The normalized spacial score (nSPS) is 42.0. The van der Waals surface area contributed by atoms with E-state index < -0.39 is 0 Å². The topological polar surface area (TPSA) is 78.3 Å².